The first-order valence-electron chi connectivity index (χ1n) is 10.2. The fraction of sp³-hybridized carbons (Fsp3) is 0.429. The summed E-state index contributed by atoms with van der Waals surface area (Å²) in [5, 5.41) is 4.67. The molecule has 7 nitrogen and oxygen atoms in total. The van der Waals surface area contributed by atoms with E-state index in [1.807, 2.05) is 31.2 Å². The Morgan fingerprint density at radius 2 is 1.87 bits per heavy atom. The molecule has 0 atom stereocenters. The van der Waals surface area contributed by atoms with Gasteiger partial charge in [0, 0.05) is 18.8 Å². The SMILES string of the molecule is CCCN(CCC)c1nc2ncnc(SCC(=O)Nc3ccc(OCC)cc3)c2s1. The van der Waals surface area contributed by atoms with Gasteiger partial charge in [0.1, 0.15) is 21.8 Å². The van der Waals surface area contributed by atoms with E-state index in [-0.39, 0.29) is 11.7 Å². The molecule has 3 aromatic rings. The number of thiazole rings is 1. The van der Waals surface area contributed by atoms with Crippen molar-refractivity contribution in [1.29, 1.82) is 0 Å². The van der Waals surface area contributed by atoms with Gasteiger partial charge in [0.2, 0.25) is 5.91 Å². The first kappa shape index (κ1) is 22.3. The molecule has 3 rings (SSSR count). The zero-order valence-corrected chi connectivity index (χ0v) is 19.2. The predicted octanol–water partition coefficient (Wildman–Crippen LogP) is 4.84. The number of hydrogen-bond acceptors (Lipinski definition) is 8. The third-order valence-corrected chi connectivity index (χ3v) is 6.42. The molecule has 0 aliphatic heterocycles. The highest BCUT2D eigenvalue weighted by molar-refractivity contribution is 8.00. The molecule has 0 radical (unpaired) electrons. The molecule has 2 aromatic heterocycles. The molecule has 2 heterocycles. The summed E-state index contributed by atoms with van der Waals surface area (Å²) in [7, 11) is 0. The Hall–Kier alpha value is -2.39. The van der Waals surface area contributed by atoms with E-state index in [0.29, 0.717) is 12.3 Å². The number of carbonyl (C=O) groups excluding carboxylic acids is 1. The number of hydrogen-bond donors (Lipinski definition) is 1. The average Bonchev–Trinajstić information content (AvgIpc) is 3.18. The fourth-order valence-corrected chi connectivity index (χ4v) is 4.88. The van der Waals surface area contributed by atoms with E-state index in [1.165, 1.54) is 18.1 Å². The van der Waals surface area contributed by atoms with Crippen molar-refractivity contribution in [3.8, 4) is 5.75 Å². The van der Waals surface area contributed by atoms with Gasteiger partial charge in [-0.15, -0.1) is 0 Å². The van der Waals surface area contributed by atoms with Crippen molar-refractivity contribution in [3.63, 3.8) is 0 Å². The van der Waals surface area contributed by atoms with Crippen LogP contribution in [0.15, 0.2) is 35.6 Å². The van der Waals surface area contributed by atoms with Gasteiger partial charge in [-0.3, -0.25) is 4.79 Å². The van der Waals surface area contributed by atoms with Crippen LogP contribution in [0.2, 0.25) is 0 Å². The molecule has 0 fully saturated rings. The van der Waals surface area contributed by atoms with Crippen LogP contribution in [0.5, 0.6) is 5.75 Å². The Kier molecular flexibility index (Phi) is 8.27. The molecule has 1 amide bonds. The lowest BCUT2D eigenvalue weighted by molar-refractivity contribution is -0.113. The highest BCUT2D eigenvalue weighted by Gasteiger charge is 2.16. The van der Waals surface area contributed by atoms with Gasteiger partial charge in [-0.2, -0.15) is 4.98 Å². The van der Waals surface area contributed by atoms with E-state index in [9.17, 15) is 4.79 Å². The lowest BCUT2D eigenvalue weighted by Gasteiger charge is -2.19. The highest BCUT2D eigenvalue weighted by Crippen LogP contribution is 2.34. The van der Waals surface area contributed by atoms with Crippen molar-refractivity contribution in [2.75, 3.05) is 35.7 Å². The number of anilines is 2. The number of fused-ring (bicyclic) bond motifs is 1. The Balaban J connectivity index is 1.65. The molecule has 160 valence electrons. The van der Waals surface area contributed by atoms with Crippen molar-refractivity contribution in [2.45, 2.75) is 38.6 Å². The molecule has 1 aromatic carbocycles. The normalized spacial score (nSPS) is 10.9. The van der Waals surface area contributed by atoms with E-state index >= 15 is 0 Å². The summed E-state index contributed by atoms with van der Waals surface area (Å²) in [6, 6.07) is 7.36. The number of aromatic nitrogens is 3. The molecule has 30 heavy (non-hydrogen) atoms. The summed E-state index contributed by atoms with van der Waals surface area (Å²) < 4.78 is 6.36. The van der Waals surface area contributed by atoms with Crippen LogP contribution in [-0.2, 0) is 4.79 Å². The topological polar surface area (TPSA) is 80.2 Å². The maximum absolute atomic E-state index is 12.4. The lowest BCUT2D eigenvalue weighted by atomic mass is 10.3. The van der Waals surface area contributed by atoms with Gasteiger partial charge < -0.3 is 15.0 Å². The smallest absolute Gasteiger partial charge is 0.234 e. The number of nitrogens with zero attached hydrogens (tertiary/aromatic N) is 4. The van der Waals surface area contributed by atoms with Gasteiger partial charge in [0.05, 0.1) is 12.4 Å². The van der Waals surface area contributed by atoms with E-state index in [1.54, 1.807) is 11.3 Å². The summed E-state index contributed by atoms with van der Waals surface area (Å²) in [6.07, 6.45) is 3.65. The summed E-state index contributed by atoms with van der Waals surface area (Å²) in [5.74, 6) is 0.967. The van der Waals surface area contributed by atoms with E-state index in [0.717, 1.165) is 52.2 Å². The van der Waals surface area contributed by atoms with E-state index < -0.39 is 0 Å². The maximum atomic E-state index is 12.4. The zero-order chi connectivity index (χ0) is 21.3. The van der Waals surface area contributed by atoms with Gasteiger partial charge in [-0.25, -0.2) is 9.97 Å². The monoisotopic (exact) mass is 445 g/mol. The Morgan fingerprint density at radius 3 is 2.53 bits per heavy atom. The van der Waals surface area contributed by atoms with Crippen LogP contribution in [0.1, 0.15) is 33.6 Å². The second-order valence-corrected chi connectivity index (χ2v) is 8.55. The third kappa shape index (κ3) is 5.82. The minimum atomic E-state index is -0.0840. The van der Waals surface area contributed by atoms with Gasteiger partial charge in [-0.1, -0.05) is 36.9 Å². The molecule has 0 saturated heterocycles. The number of ether oxygens (including phenoxy) is 1. The second-order valence-electron chi connectivity index (χ2n) is 6.61. The molecule has 0 unspecified atom stereocenters. The van der Waals surface area contributed by atoms with Crippen molar-refractivity contribution in [1.82, 2.24) is 15.0 Å². The largest absolute Gasteiger partial charge is 0.494 e. The van der Waals surface area contributed by atoms with Crippen LogP contribution < -0.4 is 15.0 Å². The van der Waals surface area contributed by atoms with Crippen molar-refractivity contribution in [2.24, 2.45) is 0 Å². The third-order valence-electron chi connectivity index (χ3n) is 4.19. The highest BCUT2D eigenvalue weighted by atomic mass is 32.2. The Labute approximate surface area is 185 Å². The summed E-state index contributed by atoms with van der Waals surface area (Å²) in [4.78, 5) is 28.1. The van der Waals surface area contributed by atoms with Crippen molar-refractivity contribution < 1.29 is 9.53 Å². The van der Waals surface area contributed by atoms with Gasteiger partial charge in [0.15, 0.2) is 10.8 Å². The van der Waals surface area contributed by atoms with Crippen molar-refractivity contribution in [3.05, 3.63) is 30.6 Å². The molecule has 0 bridgehead atoms. The number of nitrogens with one attached hydrogen (secondary N) is 1. The number of thioether (sulfide) groups is 1. The van der Waals surface area contributed by atoms with Gasteiger partial charge in [0.25, 0.3) is 0 Å². The van der Waals surface area contributed by atoms with Crippen LogP contribution in [0.25, 0.3) is 10.3 Å². The lowest BCUT2D eigenvalue weighted by Crippen LogP contribution is -2.24. The molecule has 9 heteroatoms. The molecular weight excluding hydrogens is 418 g/mol. The fourth-order valence-electron chi connectivity index (χ4n) is 2.94. The molecule has 0 aliphatic rings. The minimum Gasteiger partial charge on any atom is -0.494 e. The second kappa shape index (κ2) is 11.1. The van der Waals surface area contributed by atoms with E-state index in [4.69, 9.17) is 9.72 Å². The number of benzene rings is 1. The first-order valence-corrected chi connectivity index (χ1v) is 12.0. The summed E-state index contributed by atoms with van der Waals surface area (Å²) in [6.45, 7) is 8.82. The van der Waals surface area contributed by atoms with Crippen molar-refractivity contribution >= 4 is 50.2 Å². The Bertz CT molecular complexity index is 956. The maximum Gasteiger partial charge on any atom is 0.234 e. The molecule has 0 saturated carbocycles. The number of rotatable bonds is 11. The molecule has 0 spiro atoms. The minimum absolute atomic E-state index is 0.0840. The summed E-state index contributed by atoms with van der Waals surface area (Å²) in [5.41, 5.74) is 1.43. The molecular formula is C21H27N5O2S2. The average molecular weight is 446 g/mol. The number of carbonyl (C=O) groups is 1. The van der Waals surface area contributed by atoms with Crippen LogP contribution in [-0.4, -0.2) is 46.3 Å². The van der Waals surface area contributed by atoms with Crippen LogP contribution >= 0.6 is 23.1 Å². The first-order chi connectivity index (χ1) is 14.6. The van der Waals surface area contributed by atoms with Crippen LogP contribution in [0, 0.1) is 0 Å². The zero-order valence-electron chi connectivity index (χ0n) is 17.6. The van der Waals surface area contributed by atoms with Gasteiger partial charge in [-0.05, 0) is 44.0 Å². The molecule has 0 aliphatic carbocycles. The van der Waals surface area contributed by atoms with Gasteiger partial charge >= 0.3 is 0 Å². The molecule has 1 N–H and O–H groups in total. The standard InChI is InChI=1S/C21H27N5O2S2/c1-4-11-26(12-5-2)21-25-19-18(30-21)20(23-14-22-19)29-13-17(27)24-15-7-9-16(10-8-15)28-6-3/h7-10,14H,4-6,11-13H2,1-3H3,(H,24,27). The predicted molar refractivity (Wildman–Crippen MR) is 125 cm³/mol. The van der Waals surface area contributed by atoms with Crippen LogP contribution in [0.3, 0.4) is 0 Å². The van der Waals surface area contributed by atoms with Crippen LogP contribution in [0.4, 0.5) is 10.8 Å². The quantitative estimate of drug-likeness (QED) is 0.334. The van der Waals surface area contributed by atoms with E-state index in [2.05, 4.69) is 34.0 Å². The summed E-state index contributed by atoms with van der Waals surface area (Å²) >= 11 is 3.00. The Morgan fingerprint density at radius 1 is 1.13 bits per heavy atom. The number of amides is 1.